The molecule has 12 heavy (non-hydrogen) atoms. The maximum absolute atomic E-state index is 11.2. The fourth-order valence-corrected chi connectivity index (χ4v) is 1.03. The third kappa shape index (κ3) is 1.45. The molecule has 5 heteroatoms. The fourth-order valence-electron chi connectivity index (χ4n) is 0.804. The highest BCUT2D eigenvalue weighted by Gasteiger charge is 2.34. The summed E-state index contributed by atoms with van der Waals surface area (Å²) >= 11 is 4.15. The third-order valence-electron chi connectivity index (χ3n) is 1.52. The van der Waals surface area contributed by atoms with E-state index >= 15 is 0 Å². The molecule has 0 saturated heterocycles. The van der Waals surface area contributed by atoms with Gasteiger partial charge in [-0.3, -0.25) is 4.79 Å². The number of carbonyl (C=O) groups is 1. The second-order valence-corrected chi connectivity index (χ2v) is 3.38. The number of hydrogen-bond donors (Lipinski definition) is 2. The topological polar surface area (TPSA) is 55.1 Å². The lowest BCUT2D eigenvalue weighted by Gasteiger charge is -2.16. The van der Waals surface area contributed by atoms with Gasteiger partial charge in [-0.15, -0.1) is 0 Å². The maximum Gasteiger partial charge on any atom is 0.244 e. The van der Waals surface area contributed by atoms with Crippen molar-refractivity contribution in [1.82, 2.24) is 10.3 Å². The predicted molar refractivity (Wildman–Crippen MR) is 46.9 cm³/mol. The molecule has 0 fully saturated rings. The molecule has 1 atom stereocenters. The summed E-state index contributed by atoms with van der Waals surface area (Å²) in [5.74, 6) is 0.0541. The minimum atomic E-state index is -1.00. The number of amides is 1. The quantitative estimate of drug-likeness (QED) is 0.664. The van der Waals surface area contributed by atoms with Gasteiger partial charge in [0.05, 0.1) is 6.20 Å². The Hall–Kier alpha value is -0.970. The van der Waals surface area contributed by atoms with Crippen molar-refractivity contribution in [3.8, 4) is 0 Å². The van der Waals surface area contributed by atoms with E-state index in [4.69, 9.17) is 4.42 Å². The normalized spacial score (nSPS) is 15.2. The molecule has 0 bridgehead atoms. The molecule has 1 aromatic heterocycles. The van der Waals surface area contributed by atoms with Gasteiger partial charge >= 0.3 is 0 Å². The first-order valence-corrected chi connectivity index (χ1v) is 3.88. The molecule has 1 amide bonds. The number of aromatic nitrogens is 1. The summed E-state index contributed by atoms with van der Waals surface area (Å²) in [5.41, 5.74) is 0. The zero-order valence-electron chi connectivity index (χ0n) is 6.87. The number of likely N-dealkylation sites (N-methyl/N-ethyl adjacent to an activating group) is 1. The first kappa shape index (κ1) is 9.12. The van der Waals surface area contributed by atoms with E-state index in [0.29, 0.717) is 5.89 Å². The van der Waals surface area contributed by atoms with E-state index in [9.17, 15) is 4.79 Å². The lowest BCUT2D eigenvalue weighted by atomic mass is 10.1. The molecule has 1 N–H and O–H groups in total. The lowest BCUT2D eigenvalue weighted by molar-refractivity contribution is -0.123. The summed E-state index contributed by atoms with van der Waals surface area (Å²) in [6.07, 6.45) is 2.89. The predicted octanol–water partition coefficient (Wildman–Crippen LogP) is 0.566. The number of nitrogens with zero attached hydrogens (tertiary/aromatic N) is 1. The van der Waals surface area contributed by atoms with Crippen molar-refractivity contribution in [2.45, 2.75) is 11.7 Å². The molecule has 0 spiro atoms. The van der Waals surface area contributed by atoms with Gasteiger partial charge in [0.2, 0.25) is 11.8 Å². The van der Waals surface area contributed by atoms with Crippen molar-refractivity contribution in [2.75, 3.05) is 7.05 Å². The molecule has 0 aliphatic heterocycles. The van der Waals surface area contributed by atoms with Crippen LogP contribution in [0.2, 0.25) is 0 Å². The molecule has 0 aliphatic carbocycles. The van der Waals surface area contributed by atoms with Crippen LogP contribution in [0.25, 0.3) is 0 Å². The molecular formula is C7H10N2O2S. The summed E-state index contributed by atoms with van der Waals surface area (Å²) in [6, 6.07) is 0. The maximum atomic E-state index is 11.2. The van der Waals surface area contributed by atoms with Crippen molar-refractivity contribution in [3.63, 3.8) is 0 Å². The monoisotopic (exact) mass is 186 g/mol. The second-order valence-electron chi connectivity index (χ2n) is 2.49. The number of oxazole rings is 1. The third-order valence-corrected chi connectivity index (χ3v) is 1.91. The van der Waals surface area contributed by atoms with Gasteiger partial charge in [-0.25, -0.2) is 4.98 Å². The van der Waals surface area contributed by atoms with Gasteiger partial charge in [-0.2, -0.15) is 12.6 Å². The van der Waals surface area contributed by atoms with Crippen molar-refractivity contribution in [1.29, 1.82) is 0 Å². The average Bonchev–Trinajstić information content (AvgIpc) is 2.55. The van der Waals surface area contributed by atoms with Crippen molar-refractivity contribution >= 4 is 18.5 Å². The van der Waals surface area contributed by atoms with E-state index in [1.807, 2.05) is 0 Å². The molecule has 0 saturated carbocycles. The molecule has 1 rings (SSSR count). The molecule has 0 aromatic carbocycles. The molecule has 66 valence electrons. The standard InChI is InChI=1S/C7H10N2O2S/c1-7(12,5(10)8-2)6-9-3-4-11-6/h3-4,12H,1-2H3,(H,8,10). The molecule has 1 aromatic rings. The Kier molecular flexibility index (Phi) is 2.42. The lowest BCUT2D eigenvalue weighted by Crippen LogP contribution is -2.36. The number of hydrogen-bond acceptors (Lipinski definition) is 4. The van der Waals surface area contributed by atoms with Gasteiger partial charge in [0.1, 0.15) is 6.26 Å². The Bertz CT molecular complexity index is 269. The number of rotatable bonds is 2. The first-order valence-electron chi connectivity index (χ1n) is 3.43. The fraction of sp³-hybridized carbons (Fsp3) is 0.429. The molecule has 1 unspecified atom stereocenters. The van der Waals surface area contributed by atoms with Gasteiger partial charge in [0.15, 0.2) is 4.75 Å². The van der Waals surface area contributed by atoms with Gasteiger partial charge < -0.3 is 9.73 Å². The van der Waals surface area contributed by atoms with Crippen LogP contribution in [0.1, 0.15) is 12.8 Å². The zero-order chi connectivity index (χ0) is 9.19. The largest absolute Gasteiger partial charge is 0.447 e. The molecule has 0 aliphatic rings. The molecule has 1 heterocycles. The Morgan fingerprint density at radius 1 is 1.83 bits per heavy atom. The van der Waals surface area contributed by atoms with E-state index in [2.05, 4.69) is 22.9 Å². The highest BCUT2D eigenvalue weighted by atomic mass is 32.1. The second kappa shape index (κ2) is 3.18. The van der Waals surface area contributed by atoms with Gasteiger partial charge in [-0.1, -0.05) is 0 Å². The van der Waals surface area contributed by atoms with Crippen LogP contribution in [0.5, 0.6) is 0 Å². The number of carbonyl (C=O) groups excluding carboxylic acids is 1. The van der Waals surface area contributed by atoms with Crippen LogP contribution in [0, 0.1) is 0 Å². The van der Waals surface area contributed by atoms with Crippen LogP contribution in [-0.2, 0) is 9.54 Å². The Labute approximate surface area is 75.8 Å². The Balaban J connectivity index is 2.93. The first-order chi connectivity index (χ1) is 5.59. The smallest absolute Gasteiger partial charge is 0.244 e. The van der Waals surface area contributed by atoms with E-state index in [1.165, 1.54) is 12.5 Å². The van der Waals surface area contributed by atoms with E-state index in [1.54, 1.807) is 14.0 Å². The van der Waals surface area contributed by atoms with Crippen LogP contribution in [0.3, 0.4) is 0 Å². The molecule has 4 nitrogen and oxygen atoms in total. The highest BCUT2D eigenvalue weighted by molar-refractivity contribution is 7.82. The highest BCUT2D eigenvalue weighted by Crippen LogP contribution is 2.26. The van der Waals surface area contributed by atoms with Gasteiger partial charge in [-0.05, 0) is 6.92 Å². The van der Waals surface area contributed by atoms with E-state index in [-0.39, 0.29) is 5.91 Å². The summed E-state index contributed by atoms with van der Waals surface area (Å²) in [6.45, 7) is 1.63. The van der Waals surface area contributed by atoms with Gasteiger partial charge in [0, 0.05) is 7.05 Å². The van der Waals surface area contributed by atoms with Crippen LogP contribution in [0.4, 0.5) is 0 Å². The number of nitrogens with one attached hydrogen (secondary N) is 1. The summed E-state index contributed by atoms with van der Waals surface area (Å²) in [5, 5.41) is 2.48. The van der Waals surface area contributed by atoms with Crippen LogP contribution in [0.15, 0.2) is 16.9 Å². The van der Waals surface area contributed by atoms with Crippen molar-refractivity contribution < 1.29 is 9.21 Å². The van der Waals surface area contributed by atoms with Crippen LogP contribution >= 0.6 is 12.6 Å². The van der Waals surface area contributed by atoms with Crippen molar-refractivity contribution in [3.05, 3.63) is 18.4 Å². The van der Waals surface area contributed by atoms with E-state index < -0.39 is 4.75 Å². The minimum absolute atomic E-state index is 0.242. The van der Waals surface area contributed by atoms with Crippen molar-refractivity contribution in [2.24, 2.45) is 0 Å². The minimum Gasteiger partial charge on any atom is -0.447 e. The average molecular weight is 186 g/mol. The van der Waals surface area contributed by atoms with Gasteiger partial charge in [0.25, 0.3) is 0 Å². The zero-order valence-corrected chi connectivity index (χ0v) is 7.76. The van der Waals surface area contributed by atoms with E-state index in [0.717, 1.165) is 0 Å². The molecule has 0 radical (unpaired) electrons. The van der Waals surface area contributed by atoms with Crippen LogP contribution < -0.4 is 5.32 Å². The summed E-state index contributed by atoms with van der Waals surface area (Å²) < 4.78 is 3.97. The summed E-state index contributed by atoms with van der Waals surface area (Å²) in [7, 11) is 1.54. The SMILES string of the molecule is CNC(=O)C(C)(S)c1ncco1. The summed E-state index contributed by atoms with van der Waals surface area (Å²) in [4.78, 5) is 15.1. The Morgan fingerprint density at radius 3 is 2.92 bits per heavy atom. The Morgan fingerprint density at radius 2 is 2.50 bits per heavy atom. The number of thiol groups is 1. The molecular weight excluding hydrogens is 176 g/mol. The van der Waals surface area contributed by atoms with Crippen LogP contribution in [-0.4, -0.2) is 17.9 Å².